The molecule has 0 bridgehead atoms. The van der Waals surface area contributed by atoms with Gasteiger partial charge in [0.1, 0.15) is 5.75 Å². The lowest BCUT2D eigenvalue weighted by molar-refractivity contribution is -0.118. The van der Waals surface area contributed by atoms with Crippen LogP contribution >= 0.6 is 12.4 Å². The Bertz CT molecular complexity index is 698. The summed E-state index contributed by atoms with van der Waals surface area (Å²) in [6.45, 7) is 0.695. The van der Waals surface area contributed by atoms with Crippen molar-refractivity contribution in [3.8, 4) is 5.75 Å². The largest absolute Gasteiger partial charge is 0.495 e. The summed E-state index contributed by atoms with van der Waals surface area (Å²) in [7, 11) is 1.60. The van der Waals surface area contributed by atoms with Crippen LogP contribution in [-0.2, 0) is 9.59 Å². The normalized spacial score (nSPS) is 27.1. The second-order valence-corrected chi connectivity index (χ2v) is 7.63. The number of nitrogens with zero attached hydrogens (tertiary/aromatic N) is 1. The molecular formula is C20H28ClN3O3. The summed E-state index contributed by atoms with van der Waals surface area (Å²) in [5.41, 5.74) is 1.45. The number of halogens is 1. The molecule has 6 nitrogen and oxygen atoms in total. The number of fused-ring (bicyclic) bond motifs is 1. The summed E-state index contributed by atoms with van der Waals surface area (Å²) >= 11 is 0. The fourth-order valence-corrected chi connectivity index (χ4v) is 4.63. The van der Waals surface area contributed by atoms with Crippen molar-refractivity contribution in [1.82, 2.24) is 5.32 Å². The molecule has 27 heavy (non-hydrogen) atoms. The third-order valence-electron chi connectivity index (χ3n) is 5.99. The number of amides is 2. The lowest BCUT2D eigenvalue weighted by Gasteiger charge is -2.24. The molecule has 2 saturated heterocycles. The number of benzene rings is 1. The van der Waals surface area contributed by atoms with Gasteiger partial charge >= 0.3 is 0 Å². The molecule has 2 N–H and O–H groups in total. The van der Waals surface area contributed by atoms with Gasteiger partial charge < -0.3 is 20.3 Å². The smallest absolute Gasteiger partial charge is 0.241 e. The van der Waals surface area contributed by atoms with E-state index in [0.29, 0.717) is 36.4 Å². The number of carbonyl (C=O) groups is 2. The van der Waals surface area contributed by atoms with Crippen LogP contribution in [0.1, 0.15) is 44.9 Å². The van der Waals surface area contributed by atoms with Gasteiger partial charge in [-0.2, -0.15) is 0 Å². The maximum absolute atomic E-state index is 12.7. The van der Waals surface area contributed by atoms with Crippen molar-refractivity contribution in [2.45, 2.75) is 57.0 Å². The Hall–Kier alpha value is -1.79. The molecule has 1 aliphatic carbocycles. The van der Waals surface area contributed by atoms with Gasteiger partial charge in [-0.1, -0.05) is 12.8 Å². The Morgan fingerprint density at radius 2 is 2.07 bits per heavy atom. The molecule has 1 saturated carbocycles. The molecule has 0 radical (unpaired) electrons. The first-order chi connectivity index (χ1) is 12.7. The highest BCUT2D eigenvalue weighted by Gasteiger charge is 2.38. The third kappa shape index (κ3) is 4.06. The highest BCUT2D eigenvalue weighted by atomic mass is 35.5. The average Bonchev–Trinajstić information content (AvgIpc) is 3.27. The molecule has 2 heterocycles. The topological polar surface area (TPSA) is 70.7 Å². The quantitative estimate of drug-likeness (QED) is 0.824. The average molecular weight is 394 g/mol. The number of hydrogen-bond acceptors (Lipinski definition) is 4. The predicted octanol–water partition coefficient (Wildman–Crippen LogP) is 3.10. The maximum atomic E-state index is 12.7. The lowest BCUT2D eigenvalue weighted by atomic mass is 9.85. The number of nitrogens with one attached hydrogen (secondary N) is 2. The van der Waals surface area contributed by atoms with E-state index in [1.165, 1.54) is 25.7 Å². The van der Waals surface area contributed by atoms with Crippen molar-refractivity contribution in [3.63, 3.8) is 0 Å². The Morgan fingerprint density at radius 1 is 1.26 bits per heavy atom. The van der Waals surface area contributed by atoms with Crippen molar-refractivity contribution < 1.29 is 14.3 Å². The fourth-order valence-electron chi connectivity index (χ4n) is 4.63. The zero-order valence-corrected chi connectivity index (χ0v) is 16.5. The summed E-state index contributed by atoms with van der Waals surface area (Å²) in [5, 5.41) is 6.54. The van der Waals surface area contributed by atoms with E-state index in [1.807, 2.05) is 18.2 Å². The molecular weight excluding hydrogens is 366 g/mol. The Kier molecular flexibility index (Phi) is 6.27. The van der Waals surface area contributed by atoms with Gasteiger partial charge in [0.15, 0.2) is 0 Å². The predicted molar refractivity (Wildman–Crippen MR) is 108 cm³/mol. The van der Waals surface area contributed by atoms with E-state index in [0.717, 1.165) is 18.5 Å². The van der Waals surface area contributed by atoms with E-state index in [2.05, 4.69) is 10.6 Å². The minimum Gasteiger partial charge on any atom is -0.495 e. The van der Waals surface area contributed by atoms with Gasteiger partial charge in [-0.05, 0) is 49.8 Å². The maximum Gasteiger partial charge on any atom is 0.241 e. The first-order valence-corrected chi connectivity index (χ1v) is 9.71. The van der Waals surface area contributed by atoms with Crippen LogP contribution < -0.4 is 20.3 Å². The van der Waals surface area contributed by atoms with Gasteiger partial charge in [0, 0.05) is 24.7 Å². The second-order valence-electron chi connectivity index (χ2n) is 7.63. The van der Waals surface area contributed by atoms with Gasteiger partial charge in [-0.15, -0.1) is 12.4 Å². The molecule has 1 aromatic carbocycles. The molecule has 3 fully saturated rings. The van der Waals surface area contributed by atoms with Crippen molar-refractivity contribution in [2.75, 3.05) is 23.9 Å². The molecule has 4 rings (SSSR count). The molecule has 3 aliphatic rings. The minimum atomic E-state index is -0.123. The second kappa shape index (κ2) is 8.48. The van der Waals surface area contributed by atoms with E-state index in [4.69, 9.17) is 4.74 Å². The molecule has 0 spiro atoms. The Balaban J connectivity index is 0.00000210. The molecule has 148 valence electrons. The number of carbonyl (C=O) groups excluding carboxylic acids is 2. The first-order valence-electron chi connectivity index (χ1n) is 9.71. The molecule has 0 aromatic heterocycles. The molecule has 7 heteroatoms. The molecule has 1 aromatic rings. The molecule has 2 aliphatic heterocycles. The summed E-state index contributed by atoms with van der Waals surface area (Å²) in [5.74, 6) is 1.41. The number of ether oxygens (including phenoxy) is 1. The van der Waals surface area contributed by atoms with Gasteiger partial charge in [-0.3, -0.25) is 9.59 Å². The minimum absolute atomic E-state index is 0. The highest BCUT2D eigenvalue weighted by molar-refractivity contribution is 5.99. The Labute approximate surface area is 166 Å². The summed E-state index contributed by atoms with van der Waals surface area (Å²) < 4.78 is 5.41. The van der Waals surface area contributed by atoms with Crippen LogP contribution in [0.5, 0.6) is 5.75 Å². The van der Waals surface area contributed by atoms with E-state index in [1.54, 1.807) is 12.0 Å². The molecule has 2 amide bonds. The van der Waals surface area contributed by atoms with E-state index in [9.17, 15) is 9.59 Å². The van der Waals surface area contributed by atoms with Gasteiger partial charge in [0.05, 0.1) is 18.8 Å². The van der Waals surface area contributed by atoms with E-state index < -0.39 is 0 Å². The Morgan fingerprint density at radius 3 is 2.78 bits per heavy atom. The van der Waals surface area contributed by atoms with E-state index in [-0.39, 0.29) is 30.3 Å². The van der Waals surface area contributed by atoms with Crippen LogP contribution in [0.25, 0.3) is 0 Å². The van der Waals surface area contributed by atoms with Crippen LogP contribution in [-0.4, -0.2) is 37.6 Å². The van der Waals surface area contributed by atoms with Crippen LogP contribution in [0.15, 0.2) is 18.2 Å². The molecule has 3 unspecified atom stereocenters. The summed E-state index contributed by atoms with van der Waals surface area (Å²) in [6, 6.07) is 5.87. The van der Waals surface area contributed by atoms with Gasteiger partial charge in [0.25, 0.3) is 0 Å². The summed E-state index contributed by atoms with van der Waals surface area (Å²) in [4.78, 5) is 26.6. The molecule has 3 atom stereocenters. The van der Waals surface area contributed by atoms with Crippen molar-refractivity contribution in [2.24, 2.45) is 5.92 Å². The van der Waals surface area contributed by atoms with Crippen LogP contribution in [0.2, 0.25) is 0 Å². The van der Waals surface area contributed by atoms with Crippen molar-refractivity contribution in [3.05, 3.63) is 18.2 Å². The highest BCUT2D eigenvalue weighted by Crippen LogP contribution is 2.35. The van der Waals surface area contributed by atoms with Gasteiger partial charge in [0.2, 0.25) is 11.8 Å². The standard InChI is InChI=1S/C20H27N3O3.ClH/c1-26-18-9-8-14(12-17(18)23-10-4-7-19(23)24)21-20(25)16-11-13-5-2-3-6-15(13)22-16;/h8-9,12-13,15-16,22H,2-7,10-11H2,1H3,(H,21,25);1H. The number of anilines is 2. The zero-order chi connectivity index (χ0) is 18.1. The van der Waals surface area contributed by atoms with Crippen LogP contribution in [0.4, 0.5) is 11.4 Å². The van der Waals surface area contributed by atoms with Crippen molar-refractivity contribution >= 4 is 35.6 Å². The third-order valence-corrected chi connectivity index (χ3v) is 5.99. The lowest BCUT2D eigenvalue weighted by Crippen LogP contribution is -2.39. The van der Waals surface area contributed by atoms with Crippen molar-refractivity contribution in [1.29, 1.82) is 0 Å². The first kappa shape index (κ1) is 20.0. The number of hydrogen-bond donors (Lipinski definition) is 2. The van der Waals surface area contributed by atoms with E-state index >= 15 is 0 Å². The number of methoxy groups -OCH3 is 1. The SMILES string of the molecule is COc1ccc(NC(=O)C2CC3CCCCC3N2)cc1N1CCCC1=O.Cl. The fraction of sp³-hybridized carbons (Fsp3) is 0.600. The monoisotopic (exact) mass is 393 g/mol. The number of rotatable bonds is 4. The van der Waals surface area contributed by atoms with Crippen LogP contribution in [0, 0.1) is 5.92 Å². The zero-order valence-electron chi connectivity index (χ0n) is 15.7. The van der Waals surface area contributed by atoms with Crippen LogP contribution in [0.3, 0.4) is 0 Å². The van der Waals surface area contributed by atoms with Gasteiger partial charge in [-0.25, -0.2) is 0 Å². The summed E-state index contributed by atoms with van der Waals surface area (Å²) in [6.07, 6.45) is 7.28.